The predicted octanol–water partition coefficient (Wildman–Crippen LogP) is 5.98. The highest BCUT2D eigenvalue weighted by molar-refractivity contribution is 6.12. The highest BCUT2D eigenvalue weighted by Crippen LogP contribution is 2.25. The van der Waals surface area contributed by atoms with Crippen LogP contribution in [0.2, 0.25) is 0 Å². The number of carbonyl (C=O) groups is 6. The Balaban J connectivity index is 1.15. The van der Waals surface area contributed by atoms with Gasteiger partial charge in [-0.25, -0.2) is 9.78 Å². The van der Waals surface area contributed by atoms with Crippen molar-refractivity contribution in [2.45, 2.75) is 129 Å². The van der Waals surface area contributed by atoms with Crippen molar-refractivity contribution < 1.29 is 33.5 Å². The number of benzene rings is 2. The van der Waals surface area contributed by atoms with Gasteiger partial charge in [-0.15, -0.1) is 0 Å². The molecule has 0 aliphatic carbocycles. The van der Waals surface area contributed by atoms with Crippen LogP contribution in [0.15, 0.2) is 60.7 Å². The van der Waals surface area contributed by atoms with E-state index in [1.807, 2.05) is 12.1 Å². The zero-order valence-corrected chi connectivity index (χ0v) is 36.6. The first kappa shape index (κ1) is 48.8. The lowest BCUT2D eigenvalue weighted by molar-refractivity contribution is -0.137. The summed E-state index contributed by atoms with van der Waals surface area (Å²) in [6.45, 7) is 6.97. The molecular formula is C47H66N8O7. The Hall–Kier alpha value is -5.83. The first-order chi connectivity index (χ1) is 29.9. The van der Waals surface area contributed by atoms with Crippen LogP contribution >= 0.6 is 0 Å². The van der Waals surface area contributed by atoms with Crippen LogP contribution in [0.4, 0.5) is 16.3 Å². The maximum Gasteiger partial charge on any atom is 0.407 e. The number of aryl methyl sites for hydroxylation is 2. The first-order valence-corrected chi connectivity index (χ1v) is 22.2. The number of ether oxygens (including phenoxy) is 1. The summed E-state index contributed by atoms with van der Waals surface area (Å²) in [6, 6.07) is 13.5. The summed E-state index contributed by atoms with van der Waals surface area (Å²) >= 11 is 0. The topological polar surface area (TPSA) is 228 Å². The van der Waals surface area contributed by atoms with Crippen molar-refractivity contribution in [2.24, 2.45) is 11.7 Å². The van der Waals surface area contributed by atoms with Gasteiger partial charge in [0, 0.05) is 42.7 Å². The SMILES string of the molecule is CCCCCc1cc2c(CCCCCNC(=O)OCc3ccc(NC(=O)[C@H](CCCN)NC(=O)[C@@H](NC(=O)CCCCCN4C(=O)C=CC4=O)C(C)C)cc3)cccc2nc1N. The van der Waals surface area contributed by atoms with E-state index in [1.165, 1.54) is 29.0 Å². The molecule has 1 aliphatic rings. The van der Waals surface area contributed by atoms with Crippen LogP contribution in [-0.4, -0.2) is 77.2 Å². The molecule has 0 unspecified atom stereocenters. The molecule has 1 aliphatic heterocycles. The van der Waals surface area contributed by atoms with Gasteiger partial charge in [0.1, 0.15) is 24.5 Å². The fourth-order valence-corrected chi connectivity index (χ4v) is 7.23. The van der Waals surface area contributed by atoms with Gasteiger partial charge in [0.05, 0.1) is 5.52 Å². The molecule has 15 nitrogen and oxygen atoms in total. The molecule has 0 radical (unpaired) electrons. The Morgan fingerprint density at radius 1 is 0.806 bits per heavy atom. The third-order valence-electron chi connectivity index (χ3n) is 10.9. The molecule has 336 valence electrons. The third kappa shape index (κ3) is 15.9. The second kappa shape index (κ2) is 25.8. The lowest BCUT2D eigenvalue weighted by Crippen LogP contribution is -2.54. The Labute approximate surface area is 365 Å². The summed E-state index contributed by atoms with van der Waals surface area (Å²) in [7, 11) is 0. The summed E-state index contributed by atoms with van der Waals surface area (Å²) in [5.41, 5.74) is 16.5. The molecular weight excluding hydrogens is 789 g/mol. The summed E-state index contributed by atoms with van der Waals surface area (Å²) in [4.78, 5) is 81.2. The molecule has 2 heterocycles. The van der Waals surface area contributed by atoms with Crippen LogP contribution in [0.5, 0.6) is 0 Å². The Bertz CT molecular complexity index is 1980. The second-order valence-corrected chi connectivity index (χ2v) is 16.2. The average Bonchev–Trinajstić information content (AvgIpc) is 3.57. The number of unbranched alkanes of at least 4 members (excludes halogenated alkanes) is 6. The maximum absolute atomic E-state index is 13.4. The number of carbonyl (C=O) groups excluding carboxylic acids is 6. The lowest BCUT2D eigenvalue weighted by atomic mass is 9.99. The molecule has 3 aromatic rings. The molecule has 0 saturated heterocycles. The molecule has 2 atom stereocenters. The van der Waals surface area contributed by atoms with Crippen LogP contribution in [0.1, 0.15) is 115 Å². The summed E-state index contributed by atoms with van der Waals surface area (Å²) in [5, 5.41) is 12.4. The molecule has 6 amide bonds. The fraction of sp³-hybridized carbons (Fsp3) is 0.511. The largest absolute Gasteiger partial charge is 0.445 e. The van der Waals surface area contributed by atoms with Crippen molar-refractivity contribution in [3.8, 4) is 0 Å². The number of nitrogens with two attached hydrogens (primary N) is 2. The first-order valence-electron chi connectivity index (χ1n) is 22.2. The van der Waals surface area contributed by atoms with E-state index in [4.69, 9.17) is 16.2 Å². The summed E-state index contributed by atoms with van der Waals surface area (Å²) in [5.74, 6) is -1.52. The van der Waals surface area contributed by atoms with Crippen LogP contribution in [-0.2, 0) is 48.2 Å². The van der Waals surface area contributed by atoms with E-state index in [0.717, 1.165) is 67.0 Å². The zero-order valence-electron chi connectivity index (χ0n) is 36.6. The molecule has 0 bridgehead atoms. The minimum absolute atomic E-state index is 0.0515. The molecule has 0 saturated carbocycles. The Kier molecular flexibility index (Phi) is 20.3. The quantitative estimate of drug-likeness (QED) is 0.0389. The number of amides is 6. The number of pyridine rings is 1. The molecule has 62 heavy (non-hydrogen) atoms. The zero-order chi connectivity index (χ0) is 44.9. The predicted molar refractivity (Wildman–Crippen MR) is 242 cm³/mol. The number of imide groups is 1. The van der Waals surface area contributed by atoms with Crippen LogP contribution < -0.4 is 32.7 Å². The van der Waals surface area contributed by atoms with Gasteiger partial charge in [-0.1, -0.05) is 70.7 Å². The Morgan fingerprint density at radius 2 is 1.52 bits per heavy atom. The van der Waals surface area contributed by atoms with E-state index in [9.17, 15) is 28.8 Å². The number of fused-ring (bicyclic) bond motifs is 1. The van der Waals surface area contributed by atoms with E-state index in [1.54, 1.807) is 38.1 Å². The smallest absolute Gasteiger partial charge is 0.407 e. The van der Waals surface area contributed by atoms with Crippen molar-refractivity contribution in [2.75, 3.05) is 30.7 Å². The highest BCUT2D eigenvalue weighted by Gasteiger charge is 2.29. The number of rotatable bonds is 27. The monoisotopic (exact) mass is 855 g/mol. The maximum atomic E-state index is 13.4. The van der Waals surface area contributed by atoms with E-state index < -0.39 is 30.0 Å². The van der Waals surface area contributed by atoms with Gasteiger partial charge in [0.15, 0.2) is 0 Å². The number of anilines is 2. The van der Waals surface area contributed by atoms with Gasteiger partial charge in [-0.3, -0.25) is 28.9 Å². The van der Waals surface area contributed by atoms with Crippen molar-refractivity contribution in [1.29, 1.82) is 0 Å². The van der Waals surface area contributed by atoms with Gasteiger partial charge in [-0.2, -0.15) is 0 Å². The molecule has 0 spiro atoms. The Morgan fingerprint density at radius 3 is 2.23 bits per heavy atom. The van der Waals surface area contributed by atoms with Gasteiger partial charge < -0.3 is 37.5 Å². The number of nitrogen functional groups attached to an aromatic ring is 1. The minimum atomic E-state index is -0.898. The number of aromatic nitrogens is 1. The van der Waals surface area contributed by atoms with E-state index in [-0.39, 0.29) is 36.7 Å². The van der Waals surface area contributed by atoms with Crippen molar-refractivity contribution in [1.82, 2.24) is 25.8 Å². The minimum Gasteiger partial charge on any atom is -0.445 e. The molecule has 1 aromatic heterocycles. The normalized spacial score (nSPS) is 13.3. The van der Waals surface area contributed by atoms with Gasteiger partial charge >= 0.3 is 6.09 Å². The van der Waals surface area contributed by atoms with Crippen molar-refractivity contribution >= 4 is 58.0 Å². The van der Waals surface area contributed by atoms with Gasteiger partial charge in [-0.05, 0) is 111 Å². The summed E-state index contributed by atoms with van der Waals surface area (Å²) in [6.07, 6.45) is 12.7. The van der Waals surface area contributed by atoms with Gasteiger partial charge in [0.2, 0.25) is 17.7 Å². The number of nitrogens with one attached hydrogen (secondary N) is 4. The van der Waals surface area contributed by atoms with Crippen LogP contribution in [0, 0.1) is 5.92 Å². The average molecular weight is 855 g/mol. The number of alkyl carbamates (subject to hydrolysis) is 1. The van der Waals surface area contributed by atoms with E-state index in [2.05, 4.69) is 45.3 Å². The number of hydrogen-bond donors (Lipinski definition) is 6. The number of hydrogen-bond acceptors (Lipinski definition) is 10. The van der Waals surface area contributed by atoms with Crippen LogP contribution in [0.3, 0.4) is 0 Å². The molecule has 4 rings (SSSR count). The third-order valence-corrected chi connectivity index (χ3v) is 10.9. The van der Waals surface area contributed by atoms with Crippen molar-refractivity contribution in [3.63, 3.8) is 0 Å². The van der Waals surface area contributed by atoms with Gasteiger partial charge in [0.25, 0.3) is 11.8 Å². The number of nitrogens with zero attached hydrogens (tertiary/aromatic N) is 2. The van der Waals surface area contributed by atoms with Crippen molar-refractivity contribution in [3.05, 3.63) is 77.4 Å². The standard InChI is InChI=1S/C47H66N8O7/c1-4-5-8-16-35-30-37-34(17-13-18-38(37)52-44(35)49)15-9-6-11-28-50-47(61)62-31-33-21-23-36(24-22-33)51-45(59)39(19-14-27-48)53-46(60)43(32(2)3)54-40(56)20-10-7-12-29-55-41(57)25-26-42(55)58/h13,17-18,21-26,30,32,39,43H,4-12,14-16,19-20,27-29,31,48H2,1-3H3,(H2,49,52)(H,50,61)(H,51,59)(H,53,60)(H,54,56)/t39-,43-/m0/s1. The fourth-order valence-electron chi connectivity index (χ4n) is 7.23. The molecule has 8 N–H and O–H groups in total. The molecule has 2 aromatic carbocycles. The van der Waals surface area contributed by atoms with E-state index in [0.29, 0.717) is 63.2 Å². The summed E-state index contributed by atoms with van der Waals surface area (Å²) < 4.78 is 5.41. The molecule has 15 heteroatoms. The van der Waals surface area contributed by atoms with Crippen LogP contribution in [0.25, 0.3) is 10.9 Å². The van der Waals surface area contributed by atoms with E-state index >= 15 is 0 Å². The lowest BCUT2D eigenvalue weighted by Gasteiger charge is -2.25. The second-order valence-electron chi connectivity index (χ2n) is 16.2. The highest BCUT2D eigenvalue weighted by atomic mass is 16.5. The molecule has 0 fully saturated rings.